The number of piperidine rings is 1. The van der Waals surface area contributed by atoms with Crippen LogP contribution in [0.1, 0.15) is 36.8 Å². The molecular weight excluding hydrogens is 369 g/mol. The lowest BCUT2D eigenvalue weighted by Crippen LogP contribution is -2.35. The summed E-state index contributed by atoms with van der Waals surface area (Å²) in [5.41, 5.74) is 3.23. The van der Waals surface area contributed by atoms with Crippen molar-refractivity contribution in [2.75, 3.05) is 18.6 Å². The molecule has 1 atom stereocenters. The number of aromatic nitrogens is 1. The Morgan fingerprint density at radius 2 is 2.14 bits per heavy atom. The van der Waals surface area contributed by atoms with Gasteiger partial charge in [-0.15, -0.1) is 0 Å². The first-order valence-corrected chi connectivity index (χ1v) is 9.31. The van der Waals surface area contributed by atoms with Crippen molar-refractivity contribution in [2.45, 2.75) is 38.6 Å². The summed E-state index contributed by atoms with van der Waals surface area (Å²) in [5.74, 6) is -4.58. The average Bonchev–Trinajstić information content (AvgIpc) is 2.69. The molecule has 1 fully saturated rings. The Balaban J connectivity index is 1.66. The minimum atomic E-state index is -1.44. The highest BCUT2D eigenvalue weighted by Crippen LogP contribution is 2.27. The van der Waals surface area contributed by atoms with Crippen molar-refractivity contribution in [2.24, 2.45) is 5.10 Å². The molecule has 1 aliphatic rings. The molecular formula is C20H23F3N4O. The van der Waals surface area contributed by atoms with Crippen LogP contribution in [0.3, 0.4) is 0 Å². The van der Waals surface area contributed by atoms with E-state index in [1.165, 1.54) is 6.21 Å². The summed E-state index contributed by atoms with van der Waals surface area (Å²) in [4.78, 5) is 3.24. The second-order valence-electron chi connectivity index (χ2n) is 6.78. The number of nitrogens with one attached hydrogen (secondary N) is 2. The predicted octanol–water partition coefficient (Wildman–Crippen LogP) is 4.16. The maximum atomic E-state index is 14.5. The van der Waals surface area contributed by atoms with Crippen LogP contribution in [0.15, 0.2) is 29.4 Å². The molecule has 28 heavy (non-hydrogen) atoms. The van der Waals surface area contributed by atoms with E-state index in [0.717, 1.165) is 36.9 Å². The van der Waals surface area contributed by atoms with Crippen molar-refractivity contribution in [3.05, 3.63) is 53.0 Å². The second kappa shape index (κ2) is 9.54. The molecule has 2 heterocycles. The highest BCUT2D eigenvalue weighted by molar-refractivity contribution is 5.80. The van der Waals surface area contributed by atoms with Crippen molar-refractivity contribution in [1.82, 2.24) is 10.3 Å². The van der Waals surface area contributed by atoms with Crippen molar-refractivity contribution >= 4 is 11.9 Å². The van der Waals surface area contributed by atoms with Crippen LogP contribution in [-0.4, -0.2) is 30.4 Å². The van der Waals surface area contributed by atoms with Crippen LogP contribution >= 0.6 is 0 Å². The number of ether oxygens (including phenoxy) is 1. The lowest BCUT2D eigenvalue weighted by molar-refractivity contribution is 0.245. The third kappa shape index (κ3) is 5.22. The second-order valence-corrected chi connectivity index (χ2v) is 6.78. The van der Waals surface area contributed by atoms with E-state index in [4.69, 9.17) is 4.74 Å². The van der Waals surface area contributed by atoms with Crippen LogP contribution in [-0.2, 0) is 0 Å². The molecule has 5 nitrogen and oxygen atoms in total. The number of aryl methyl sites for hydroxylation is 1. The van der Waals surface area contributed by atoms with Crippen LogP contribution < -0.4 is 15.5 Å². The number of rotatable bonds is 7. The molecule has 0 radical (unpaired) electrons. The van der Waals surface area contributed by atoms with Crippen molar-refractivity contribution in [1.29, 1.82) is 0 Å². The SMILES string of the molecule is Cc1cccc(C=NNc2c(F)c(F)nc(OCCC3CCCCN3)c2F)c1. The minimum absolute atomic E-state index is 0.151. The fourth-order valence-electron chi connectivity index (χ4n) is 3.08. The van der Waals surface area contributed by atoms with Crippen LogP contribution in [0.5, 0.6) is 5.88 Å². The van der Waals surface area contributed by atoms with Gasteiger partial charge >= 0.3 is 0 Å². The molecule has 150 valence electrons. The standard InChI is InChI=1S/C20H23F3N4O/c1-13-5-4-6-14(11-13)12-25-27-18-16(21)19(23)26-20(17(18)22)28-10-8-15-7-2-3-9-24-15/h4-6,11-12,15,24H,2-3,7-10H2,1H3,(H,26,27). The van der Waals surface area contributed by atoms with Gasteiger partial charge in [0.15, 0.2) is 0 Å². The molecule has 1 unspecified atom stereocenters. The molecule has 0 spiro atoms. The number of hydrazone groups is 1. The monoisotopic (exact) mass is 392 g/mol. The first-order valence-electron chi connectivity index (χ1n) is 9.31. The summed E-state index contributed by atoms with van der Waals surface area (Å²) < 4.78 is 47.5. The Bertz CT molecular complexity index is 838. The van der Waals surface area contributed by atoms with Crippen LogP contribution in [0.2, 0.25) is 0 Å². The van der Waals surface area contributed by atoms with Gasteiger partial charge in [-0.3, -0.25) is 5.43 Å². The molecule has 0 saturated carbocycles. The van der Waals surface area contributed by atoms with E-state index in [1.807, 2.05) is 25.1 Å². The molecule has 2 aromatic rings. The van der Waals surface area contributed by atoms with Gasteiger partial charge in [0.05, 0.1) is 12.8 Å². The predicted molar refractivity (Wildman–Crippen MR) is 102 cm³/mol. The maximum Gasteiger partial charge on any atom is 0.255 e. The normalized spacial score (nSPS) is 17.1. The summed E-state index contributed by atoms with van der Waals surface area (Å²) >= 11 is 0. The number of pyridine rings is 1. The molecule has 1 saturated heterocycles. The number of anilines is 1. The Morgan fingerprint density at radius 1 is 1.29 bits per heavy atom. The lowest BCUT2D eigenvalue weighted by Gasteiger charge is -2.23. The van der Waals surface area contributed by atoms with Crippen LogP contribution in [0.4, 0.5) is 18.9 Å². The Hall–Kier alpha value is -2.61. The summed E-state index contributed by atoms with van der Waals surface area (Å²) in [6, 6.07) is 7.65. The number of hydrogen-bond donors (Lipinski definition) is 2. The quantitative estimate of drug-likeness (QED) is 0.422. The smallest absolute Gasteiger partial charge is 0.255 e. The number of benzene rings is 1. The molecule has 2 N–H and O–H groups in total. The summed E-state index contributed by atoms with van der Waals surface area (Å²) in [5, 5.41) is 7.14. The zero-order chi connectivity index (χ0) is 19.9. The highest BCUT2D eigenvalue weighted by Gasteiger charge is 2.22. The molecule has 3 rings (SSSR count). The van der Waals surface area contributed by atoms with Gasteiger partial charge in [0, 0.05) is 6.04 Å². The first kappa shape index (κ1) is 20.1. The third-order valence-electron chi connectivity index (χ3n) is 4.56. The van der Waals surface area contributed by atoms with Crippen LogP contribution in [0, 0.1) is 24.5 Å². The van der Waals surface area contributed by atoms with Gasteiger partial charge in [-0.2, -0.15) is 23.3 Å². The van der Waals surface area contributed by atoms with E-state index in [0.29, 0.717) is 6.42 Å². The van der Waals surface area contributed by atoms with Crippen LogP contribution in [0.25, 0.3) is 0 Å². The molecule has 1 aliphatic heterocycles. The summed E-state index contributed by atoms with van der Waals surface area (Å²) in [6.07, 6.45) is 5.29. The minimum Gasteiger partial charge on any atom is -0.475 e. The zero-order valence-electron chi connectivity index (χ0n) is 15.6. The van der Waals surface area contributed by atoms with E-state index in [9.17, 15) is 13.2 Å². The largest absolute Gasteiger partial charge is 0.475 e. The number of hydrogen-bond acceptors (Lipinski definition) is 5. The molecule has 0 amide bonds. The van der Waals surface area contributed by atoms with Gasteiger partial charge in [0.1, 0.15) is 5.69 Å². The van der Waals surface area contributed by atoms with Gasteiger partial charge in [-0.25, -0.2) is 0 Å². The number of halogens is 3. The van der Waals surface area contributed by atoms with Gasteiger partial charge in [-0.1, -0.05) is 36.2 Å². The van der Waals surface area contributed by atoms with E-state index in [2.05, 4.69) is 20.8 Å². The molecule has 0 aliphatic carbocycles. The fourth-order valence-corrected chi connectivity index (χ4v) is 3.08. The Morgan fingerprint density at radius 3 is 2.89 bits per heavy atom. The van der Waals surface area contributed by atoms with Gasteiger partial charge in [0.2, 0.25) is 11.6 Å². The topological polar surface area (TPSA) is 58.5 Å². The molecule has 8 heteroatoms. The summed E-state index contributed by atoms with van der Waals surface area (Å²) in [7, 11) is 0. The lowest BCUT2D eigenvalue weighted by atomic mass is 10.0. The molecule has 0 bridgehead atoms. The van der Waals surface area contributed by atoms with Gasteiger partial charge < -0.3 is 10.1 Å². The van der Waals surface area contributed by atoms with E-state index >= 15 is 0 Å². The fraction of sp³-hybridized carbons (Fsp3) is 0.400. The van der Waals surface area contributed by atoms with Gasteiger partial charge in [0.25, 0.3) is 11.8 Å². The van der Waals surface area contributed by atoms with Gasteiger partial charge in [-0.05, 0) is 38.3 Å². The molecule has 1 aromatic heterocycles. The van der Waals surface area contributed by atoms with E-state index in [-0.39, 0.29) is 12.6 Å². The Labute approximate surface area is 162 Å². The highest BCUT2D eigenvalue weighted by atomic mass is 19.2. The van der Waals surface area contributed by atoms with Crippen molar-refractivity contribution < 1.29 is 17.9 Å². The van der Waals surface area contributed by atoms with Crippen molar-refractivity contribution in [3.8, 4) is 5.88 Å². The van der Waals surface area contributed by atoms with Crippen molar-refractivity contribution in [3.63, 3.8) is 0 Å². The molecule has 1 aromatic carbocycles. The first-order chi connectivity index (χ1) is 13.5. The third-order valence-corrected chi connectivity index (χ3v) is 4.56. The average molecular weight is 392 g/mol. The maximum absolute atomic E-state index is 14.5. The Kier molecular flexibility index (Phi) is 6.86. The summed E-state index contributed by atoms with van der Waals surface area (Å²) in [6.45, 7) is 3.00. The zero-order valence-corrected chi connectivity index (χ0v) is 15.6. The number of nitrogens with zero attached hydrogens (tertiary/aromatic N) is 2. The van der Waals surface area contributed by atoms with E-state index in [1.54, 1.807) is 6.07 Å². The van der Waals surface area contributed by atoms with E-state index < -0.39 is 29.1 Å².